The second-order valence-electron chi connectivity index (χ2n) is 7.07. The Labute approximate surface area is 194 Å². The summed E-state index contributed by atoms with van der Waals surface area (Å²) in [6, 6.07) is 13.0. The third-order valence-electron chi connectivity index (χ3n) is 4.90. The maximum absolute atomic E-state index is 13.0. The van der Waals surface area contributed by atoms with Crippen molar-refractivity contribution in [3.05, 3.63) is 68.6 Å². The number of piperidine rings is 1. The predicted molar refractivity (Wildman–Crippen MR) is 122 cm³/mol. The van der Waals surface area contributed by atoms with Crippen molar-refractivity contribution < 1.29 is 13.2 Å². The van der Waals surface area contributed by atoms with E-state index in [0.717, 1.165) is 6.42 Å². The Kier molecular flexibility index (Phi) is 6.59. The normalized spacial score (nSPS) is 17.4. The van der Waals surface area contributed by atoms with Crippen LogP contribution in [-0.2, 0) is 10.0 Å². The number of nitrogens with one attached hydrogen (secondary N) is 1. The van der Waals surface area contributed by atoms with Crippen LogP contribution in [0.3, 0.4) is 0 Å². The lowest BCUT2D eigenvalue weighted by molar-refractivity contribution is 0.102. The van der Waals surface area contributed by atoms with E-state index >= 15 is 0 Å². The lowest BCUT2D eigenvalue weighted by Gasteiger charge is -2.30. The molecule has 2 aromatic carbocycles. The Balaban J connectivity index is 1.47. The van der Waals surface area contributed by atoms with Crippen LogP contribution in [0.25, 0.3) is 0 Å². The highest BCUT2D eigenvalue weighted by atomic mass is 35.5. The van der Waals surface area contributed by atoms with Gasteiger partial charge in [-0.3, -0.25) is 4.79 Å². The van der Waals surface area contributed by atoms with Gasteiger partial charge < -0.3 is 5.32 Å². The number of anilines is 1. The van der Waals surface area contributed by atoms with E-state index in [1.165, 1.54) is 27.8 Å². The molecule has 1 atom stereocenters. The van der Waals surface area contributed by atoms with Crippen molar-refractivity contribution in [2.45, 2.75) is 23.7 Å². The average molecular weight is 497 g/mol. The van der Waals surface area contributed by atoms with Crippen LogP contribution in [0.15, 0.2) is 53.4 Å². The summed E-state index contributed by atoms with van der Waals surface area (Å²) in [6.07, 6.45) is 1.47. The Morgan fingerprint density at radius 3 is 2.61 bits per heavy atom. The van der Waals surface area contributed by atoms with Crippen molar-refractivity contribution in [1.82, 2.24) is 14.5 Å². The first-order chi connectivity index (χ1) is 14.8. The molecule has 1 aliphatic rings. The second-order valence-corrected chi connectivity index (χ2v) is 10.9. The maximum atomic E-state index is 13.0. The van der Waals surface area contributed by atoms with E-state index in [9.17, 15) is 13.2 Å². The molecule has 1 N–H and O–H groups in total. The highest BCUT2D eigenvalue weighted by Gasteiger charge is 2.32. The minimum Gasteiger partial charge on any atom is -0.320 e. The lowest BCUT2D eigenvalue weighted by Crippen LogP contribution is -2.39. The fourth-order valence-corrected chi connectivity index (χ4v) is 6.06. The number of benzene rings is 2. The summed E-state index contributed by atoms with van der Waals surface area (Å²) in [7, 11) is -3.63. The van der Waals surface area contributed by atoms with Crippen molar-refractivity contribution in [3.63, 3.8) is 0 Å². The molecule has 1 aromatic heterocycles. The zero-order valence-corrected chi connectivity index (χ0v) is 19.3. The topological polar surface area (TPSA) is 92.3 Å². The lowest BCUT2D eigenvalue weighted by atomic mass is 10.0. The molecular weight excluding hydrogens is 479 g/mol. The number of amides is 1. The summed E-state index contributed by atoms with van der Waals surface area (Å²) < 4.78 is 27.4. The van der Waals surface area contributed by atoms with E-state index in [0.29, 0.717) is 33.7 Å². The first-order valence-electron chi connectivity index (χ1n) is 9.49. The summed E-state index contributed by atoms with van der Waals surface area (Å²) in [5, 5.41) is 12.8. The maximum Gasteiger partial charge on any atom is 0.286 e. The number of halogens is 2. The minimum atomic E-state index is -3.63. The van der Waals surface area contributed by atoms with Gasteiger partial charge in [-0.15, -0.1) is 10.2 Å². The van der Waals surface area contributed by atoms with Crippen molar-refractivity contribution in [2.24, 2.45) is 0 Å². The van der Waals surface area contributed by atoms with Crippen molar-refractivity contribution >= 4 is 56.2 Å². The smallest absolute Gasteiger partial charge is 0.286 e. The molecule has 4 rings (SSSR count). The van der Waals surface area contributed by atoms with E-state index in [4.69, 9.17) is 23.2 Å². The number of rotatable bonds is 5. The van der Waals surface area contributed by atoms with Crippen molar-refractivity contribution in [3.8, 4) is 0 Å². The van der Waals surface area contributed by atoms with Gasteiger partial charge in [0, 0.05) is 34.7 Å². The van der Waals surface area contributed by atoms with Crippen LogP contribution < -0.4 is 5.32 Å². The Morgan fingerprint density at radius 2 is 1.87 bits per heavy atom. The molecule has 1 fully saturated rings. The number of hydrogen-bond acceptors (Lipinski definition) is 6. The molecule has 0 radical (unpaired) electrons. The van der Waals surface area contributed by atoms with Gasteiger partial charge in [0.15, 0.2) is 0 Å². The van der Waals surface area contributed by atoms with Gasteiger partial charge in [0.25, 0.3) is 5.91 Å². The third-order valence-corrected chi connectivity index (χ3v) is 8.35. The molecular formula is C20H18Cl2N4O3S2. The van der Waals surface area contributed by atoms with Gasteiger partial charge in [-0.05, 0) is 55.3 Å². The van der Waals surface area contributed by atoms with E-state index in [1.54, 1.807) is 36.4 Å². The highest BCUT2D eigenvalue weighted by molar-refractivity contribution is 7.89. The number of nitrogens with zero attached hydrogens (tertiary/aromatic N) is 3. The molecule has 3 aromatic rings. The van der Waals surface area contributed by atoms with Gasteiger partial charge in [0.1, 0.15) is 5.01 Å². The largest absolute Gasteiger partial charge is 0.320 e. The van der Waals surface area contributed by atoms with Crippen LogP contribution in [-0.4, -0.2) is 41.9 Å². The molecule has 0 saturated carbocycles. The third kappa shape index (κ3) is 5.07. The number of carbonyl (C=O) groups excluding carboxylic acids is 1. The molecule has 1 saturated heterocycles. The number of hydrogen-bond donors (Lipinski definition) is 1. The van der Waals surface area contributed by atoms with Crippen LogP contribution in [0.2, 0.25) is 10.0 Å². The van der Waals surface area contributed by atoms with Gasteiger partial charge >= 0.3 is 0 Å². The number of aromatic nitrogens is 2. The van der Waals surface area contributed by atoms with Crippen LogP contribution in [0, 0.1) is 0 Å². The molecule has 1 aliphatic heterocycles. The second kappa shape index (κ2) is 9.22. The molecule has 31 heavy (non-hydrogen) atoms. The molecule has 0 spiro atoms. The fourth-order valence-electron chi connectivity index (χ4n) is 3.36. The summed E-state index contributed by atoms with van der Waals surface area (Å²) in [5.74, 6) is -0.506. The Hall–Kier alpha value is -2.04. The van der Waals surface area contributed by atoms with Crippen LogP contribution in [0.4, 0.5) is 5.69 Å². The zero-order chi connectivity index (χ0) is 22.0. The summed E-state index contributed by atoms with van der Waals surface area (Å²) in [6.45, 7) is 0.720. The molecule has 0 unspecified atom stereocenters. The van der Waals surface area contributed by atoms with Gasteiger partial charge in [-0.1, -0.05) is 40.6 Å². The molecule has 0 aliphatic carbocycles. The van der Waals surface area contributed by atoms with Crippen molar-refractivity contribution in [1.29, 1.82) is 0 Å². The Bertz CT molecular complexity index is 1200. The van der Waals surface area contributed by atoms with Gasteiger partial charge in [-0.2, -0.15) is 4.31 Å². The monoisotopic (exact) mass is 496 g/mol. The molecule has 0 bridgehead atoms. The molecule has 11 heteroatoms. The summed E-state index contributed by atoms with van der Waals surface area (Å²) in [4.78, 5) is 12.7. The SMILES string of the molecule is O=C(Nc1cccc(Cl)c1)c1nnc([C@H]2CCCN(S(=O)(=O)c3ccc(Cl)cc3)C2)s1. The number of carbonyl (C=O) groups is 1. The standard InChI is InChI=1S/C20H18Cl2N4O3S2/c21-14-6-8-17(9-7-14)31(28,29)26-10-2-3-13(12-26)19-24-25-20(30-19)18(27)23-16-5-1-4-15(22)11-16/h1,4-9,11,13H,2-3,10,12H2,(H,23,27)/t13-/m0/s1. The molecule has 7 nitrogen and oxygen atoms in total. The van der Waals surface area contributed by atoms with Gasteiger partial charge in [0.2, 0.25) is 15.0 Å². The van der Waals surface area contributed by atoms with Crippen molar-refractivity contribution in [2.75, 3.05) is 18.4 Å². The van der Waals surface area contributed by atoms with Crippen LogP contribution >= 0.6 is 34.5 Å². The highest BCUT2D eigenvalue weighted by Crippen LogP contribution is 2.32. The molecule has 2 heterocycles. The number of sulfonamides is 1. The van der Waals surface area contributed by atoms with E-state index in [1.807, 2.05) is 0 Å². The van der Waals surface area contributed by atoms with Gasteiger partial charge in [0.05, 0.1) is 4.90 Å². The minimum absolute atomic E-state index is 0.124. The predicted octanol–water partition coefficient (Wildman–Crippen LogP) is 4.67. The first kappa shape index (κ1) is 22.2. The van der Waals surface area contributed by atoms with Crippen LogP contribution in [0.1, 0.15) is 33.6 Å². The zero-order valence-electron chi connectivity index (χ0n) is 16.2. The molecule has 1 amide bonds. The summed E-state index contributed by atoms with van der Waals surface area (Å²) >= 11 is 13.0. The van der Waals surface area contributed by atoms with E-state index < -0.39 is 10.0 Å². The van der Waals surface area contributed by atoms with Gasteiger partial charge in [-0.25, -0.2) is 8.42 Å². The average Bonchev–Trinajstić information content (AvgIpc) is 3.25. The van der Waals surface area contributed by atoms with E-state index in [2.05, 4.69) is 15.5 Å². The Morgan fingerprint density at radius 1 is 1.10 bits per heavy atom. The van der Waals surface area contributed by atoms with E-state index in [-0.39, 0.29) is 28.3 Å². The quantitative estimate of drug-likeness (QED) is 0.554. The van der Waals surface area contributed by atoms with Crippen LogP contribution in [0.5, 0.6) is 0 Å². The fraction of sp³-hybridized carbons (Fsp3) is 0.250. The first-order valence-corrected chi connectivity index (χ1v) is 12.5. The molecule has 162 valence electrons. The summed E-state index contributed by atoms with van der Waals surface area (Å²) in [5.41, 5.74) is 0.562.